The number of anilines is 1. The van der Waals surface area contributed by atoms with Crippen LogP contribution in [-0.4, -0.2) is 45.5 Å². The first kappa shape index (κ1) is 16.0. The number of fused-ring (bicyclic) bond motifs is 1. The van der Waals surface area contributed by atoms with Crippen LogP contribution in [0.1, 0.15) is 44.5 Å². The molecule has 1 aliphatic rings. The van der Waals surface area contributed by atoms with Gasteiger partial charge in [-0.3, -0.25) is 9.69 Å². The number of hydrogen-bond donors (Lipinski definition) is 3. The van der Waals surface area contributed by atoms with Crippen molar-refractivity contribution in [3.8, 4) is 0 Å². The largest absolute Gasteiger partial charge is 0.385 e. The summed E-state index contributed by atoms with van der Waals surface area (Å²) in [6, 6.07) is 6.06. The first-order valence-corrected chi connectivity index (χ1v) is 8.21. The van der Waals surface area contributed by atoms with Gasteiger partial charge in [0.05, 0.1) is 17.6 Å². The maximum atomic E-state index is 12.2. The van der Waals surface area contributed by atoms with Gasteiger partial charge in [0, 0.05) is 11.7 Å². The molecule has 1 unspecified atom stereocenters. The Balaban J connectivity index is 1.64. The van der Waals surface area contributed by atoms with Crippen LogP contribution in [0.15, 0.2) is 18.2 Å². The summed E-state index contributed by atoms with van der Waals surface area (Å²) in [5, 5.41) is 12.5. The van der Waals surface area contributed by atoms with Crippen LogP contribution in [0.3, 0.4) is 0 Å². The van der Waals surface area contributed by atoms with Crippen molar-refractivity contribution < 1.29 is 9.90 Å². The average Bonchev–Trinajstić information content (AvgIpc) is 3.16. The van der Waals surface area contributed by atoms with E-state index < -0.39 is 6.10 Å². The second-order valence-electron chi connectivity index (χ2n) is 6.43. The normalized spacial score (nSPS) is 17.0. The van der Waals surface area contributed by atoms with Crippen LogP contribution in [0.5, 0.6) is 0 Å². The van der Waals surface area contributed by atoms with Gasteiger partial charge in [-0.1, -0.05) is 12.8 Å². The Morgan fingerprint density at radius 2 is 2.22 bits per heavy atom. The molecule has 1 atom stereocenters. The van der Waals surface area contributed by atoms with Gasteiger partial charge in [-0.15, -0.1) is 0 Å². The summed E-state index contributed by atoms with van der Waals surface area (Å²) in [5.74, 6) is 0.526. The number of H-pyrrole nitrogens is 1. The van der Waals surface area contributed by atoms with Gasteiger partial charge in [-0.25, -0.2) is 4.98 Å². The van der Waals surface area contributed by atoms with Gasteiger partial charge in [0.25, 0.3) is 0 Å². The van der Waals surface area contributed by atoms with Crippen LogP contribution in [0.25, 0.3) is 11.0 Å². The van der Waals surface area contributed by atoms with Gasteiger partial charge in [-0.2, -0.15) is 0 Å². The van der Waals surface area contributed by atoms with Crippen molar-refractivity contribution in [3.63, 3.8) is 0 Å². The second-order valence-corrected chi connectivity index (χ2v) is 6.43. The number of aliphatic hydroxyl groups excluding tert-OH is 1. The Hall–Kier alpha value is -1.92. The van der Waals surface area contributed by atoms with Crippen molar-refractivity contribution in [2.24, 2.45) is 0 Å². The number of amides is 1. The fraction of sp³-hybridized carbons (Fsp3) is 0.529. The van der Waals surface area contributed by atoms with Crippen LogP contribution in [0.4, 0.5) is 5.69 Å². The number of imidazole rings is 1. The molecule has 3 rings (SSSR count). The lowest BCUT2D eigenvalue weighted by molar-refractivity contribution is -0.117. The summed E-state index contributed by atoms with van der Waals surface area (Å²) in [5.41, 5.74) is 2.33. The lowest BCUT2D eigenvalue weighted by atomic mass is 10.2. The third-order valence-electron chi connectivity index (χ3n) is 4.52. The molecule has 1 amide bonds. The number of rotatable bonds is 5. The second kappa shape index (κ2) is 6.68. The summed E-state index contributed by atoms with van der Waals surface area (Å²) in [7, 11) is 2.02. The molecule has 0 radical (unpaired) electrons. The Bertz CT molecular complexity index is 689. The van der Waals surface area contributed by atoms with Crippen LogP contribution in [0, 0.1) is 0 Å². The minimum Gasteiger partial charge on any atom is -0.385 e. The van der Waals surface area contributed by atoms with E-state index in [0.29, 0.717) is 18.4 Å². The Labute approximate surface area is 135 Å². The highest BCUT2D eigenvalue weighted by Gasteiger charge is 2.21. The molecule has 1 aromatic carbocycles. The van der Waals surface area contributed by atoms with E-state index in [2.05, 4.69) is 20.2 Å². The maximum absolute atomic E-state index is 12.2. The predicted octanol–water partition coefficient (Wildman–Crippen LogP) is 2.43. The number of hydrogen-bond acceptors (Lipinski definition) is 4. The number of likely N-dealkylation sites (N-methyl/N-ethyl adjacent to an activating group) is 1. The SMILES string of the molecule is CC(O)c1nc2ccc(NC(=O)CN(C)C3CCCC3)cc2[nH]1. The van der Waals surface area contributed by atoms with E-state index in [0.717, 1.165) is 16.7 Å². The molecule has 0 spiro atoms. The van der Waals surface area contributed by atoms with Crippen molar-refractivity contribution in [3.05, 3.63) is 24.0 Å². The molecule has 1 heterocycles. The minimum absolute atomic E-state index is 0.00554. The molecule has 0 bridgehead atoms. The number of nitrogens with one attached hydrogen (secondary N) is 2. The van der Waals surface area contributed by atoms with E-state index in [-0.39, 0.29) is 5.91 Å². The fourth-order valence-corrected chi connectivity index (χ4v) is 3.21. The molecule has 1 aromatic heterocycles. The molecule has 1 saturated carbocycles. The van der Waals surface area contributed by atoms with Crippen LogP contribution >= 0.6 is 0 Å². The van der Waals surface area contributed by atoms with Crippen molar-refractivity contribution in [2.75, 3.05) is 18.9 Å². The fourth-order valence-electron chi connectivity index (χ4n) is 3.21. The zero-order valence-corrected chi connectivity index (χ0v) is 13.7. The van der Waals surface area contributed by atoms with Gasteiger partial charge in [-0.05, 0) is 45.0 Å². The van der Waals surface area contributed by atoms with E-state index in [1.54, 1.807) is 6.92 Å². The predicted molar refractivity (Wildman–Crippen MR) is 90.2 cm³/mol. The molecule has 0 saturated heterocycles. The number of aromatic amines is 1. The number of carbonyl (C=O) groups is 1. The van der Waals surface area contributed by atoms with Crippen LogP contribution in [0.2, 0.25) is 0 Å². The highest BCUT2D eigenvalue weighted by atomic mass is 16.3. The summed E-state index contributed by atoms with van der Waals surface area (Å²) in [4.78, 5) is 21.7. The van der Waals surface area contributed by atoms with E-state index in [9.17, 15) is 9.90 Å². The molecule has 23 heavy (non-hydrogen) atoms. The Morgan fingerprint density at radius 1 is 1.48 bits per heavy atom. The van der Waals surface area contributed by atoms with Gasteiger partial charge >= 0.3 is 0 Å². The monoisotopic (exact) mass is 316 g/mol. The maximum Gasteiger partial charge on any atom is 0.238 e. The first-order chi connectivity index (χ1) is 11.0. The van der Waals surface area contributed by atoms with Crippen LogP contribution in [-0.2, 0) is 4.79 Å². The van der Waals surface area contributed by atoms with Crippen molar-refractivity contribution >= 4 is 22.6 Å². The molecule has 1 aliphatic carbocycles. The quantitative estimate of drug-likeness (QED) is 0.791. The standard InChI is InChI=1S/C17H24N4O2/c1-11(22)17-19-14-8-7-12(9-15(14)20-17)18-16(23)10-21(2)13-5-3-4-6-13/h7-9,11,13,22H,3-6,10H2,1-2H3,(H,18,23)(H,19,20). The van der Waals surface area contributed by atoms with Crippen molar-refractivity contribution in [2.45, 2.75) is 44.8 Å². The lowest BCUT2D eigenvalue weighted by Gasteiger charge is -2.23. The molecule has 1 fully saturated rings. The number of nitrogens with zero attached hydrogens (tertiary/aromatic N) is 2. The van der Waals surface area contributed by atoms with E-state index in [1.807, 2.05) is 25.2 Å². The lowest BCUT2D eigenvalue weighted by Crippen LogP contribution is -2.36. The van der Waals surface area contributed by atoms with E-state index in [1.165, 1.54) is 25.7 Å². The molecule has 6 nitrogen and oxygen atoms in total. The summed E-state index contributed by atoms with van der Waals surface area (Å²) >= 11 is 0. The number of carbonyl (C=O) groups excluding carboxylic acids is 1. The summed E-state index contributed by atoms with van der Waals surface area (Å²) in [6.45, 7) is 2.07. The summed E-state index contributed by atoms with van der Waals surface area (Å²) < 4.78 is 0. The van der Waals surface area contributed by atoms with E-state index in [4.69, 9.17) is 0 Å². The number of benzene rings is 1. The Kier molecular flexibility index (Phi) is 4.63. The minimum atomic E-state index is -0.638. The topological polar surface area (TPSA) is 81.2 Å². The molecule has 124 valence electrons. The molecular weight excluding hydrogens is 292 g/mol. The first-order valence-electron chi connectivity index (χ1n) is 8.21. The highest BCUT2D eigenvalue weighted by Crippen LogP contribution is 2.23. The van der Waals surface area contributed by atoms with Crippen molar-refractivity contribution in [1.82, 2.24) is 14.9 Å². The molecule has 3 N–H and O–H groups in total. The number of aliphatic hydroxyl groups is 1. The molecule has 0 aliphatic heterocycles. The zero-order chi connectivity index (χ0) is 16.4. The Morgan fingerprint density at radius 3 is 2.91 bits per heavy atom. The smallest absolute Gasteiger partial charge is 0.238 e. The number of aromatic nitrogens is 2. The van der Waals surface area contributed by atoms with Gasteiger partial charge in [0.2, 0.25) is 5.91 Å². The van der Waals surface area contributed by atoms with Gasteiger partial charge < -0.3 is 15.4 Å². The highest BCUT2D eigenvalue weighted by molar-refractivity contribution is 5.94. The van der Waals surface area contributed by atoms with Crippen molar-refractivity contribution in [1.29, 1.82) is 0 Å². The average molecular weight is 316 g/mol. The summed E-state index contributed by atoms with van der Waals surface area (Å²) in [6.07, 6.45) is 4.26. The van der Waals surface area contributed by atoms with Gasteiger partial charge in [0.15, 0.2) is 0 Å². The van der Waals surface area contributed by atoms with Crippen LogP contribution < -0.4 is 5.32 Å². The molecule has 6 heteroatoms. The van der Waals surface area contributed by atoms with Gasteiger partial charge in [0.1, 0.15) is 11.9 Å². The molecular formula is C17H24N4O2. The third kappa shape index (κ3) is 3.71. The zero-order valence-electron chi connectivity index (χ0n) is 13.7. The van der Waals surface area contributed by atoms with E-state index >= 15 is 0 Å². The third-order valence-corrected chi connectivity index (χ3v) is 4.52. The molecule has 2 aromatic rings.